The van der Waals surface area contributed by atoms with Gasteiger partial charge in [-0.1, -0.05) is 0 Å². The highest BCUT2D eigenvalue weighted by molar-refractivity contribution is 5.92. The fraction of sp³-hybridized carbons (Fsp3) is 0.625. The van der Waals surface area contributed by atoms with Crippen molar-refractivity contribution in [1.29, 1.82) is 0 Å². The summed E-state index contributed by atoms with van der Waals surface area (Å²) in [5.74, 6) is 0.0739. The van der Waals surface area contributed by atoms with E-state index in [9.17, 15) is 9.59 Å². The lowest BCUT2D eigenvalue weighted by atomic mass is 9.97. The second kappa shape index (κ2) is 8.58. The van der Waals surface area contributed by atoms with Crippen LogP contribution in [0.1, 0.15) is 36.7 Å². The van der Waals surface area contributed by atoms with E-state index in [0.717, 1.165) is 19.3 Å². The van der Waals surface area contributed by atoms with Gasteiger partial charge in [0.15, 0.2) is 5.76 Å². The first-order chi connectivity index (χ1) is 10.7. The smallest absolute Gasteiger partial charge is 0.289 e. The lowest BCUT2D eigenvalue weighted by Gasteiger charge is -2.31. The molecular weight excluding hydrogens is 284 g/mol. The number of hydrogen-bond donors (Lipinski definition) is 1. The van der Waals surface area contributed by atoms with Crippen molar-refractivity contribution in [2.75, 3.05) is 32.8 Å². The Morgan fingerprint density at radius 2 is 2.36 bits per heavy atom. The summed E-state index contributed by atoms with van der Waals surface area (Å²) >= 11 is 0. The fourth-order valence-corrected chi connectivity index (χ4v) is 2.61. The first-order valence-corrected chi connectivity index (χ1v) is 7.90. The number of amides is 2. The van der Waals surface area contributed by atoms with Crippen LogP contribution in [0.2, 0.25) is 0 Å². The van der Waals surface area contributed by atoms with E-state index >= 15 is 0 Å². The lowest BCUT2D eigenvalue weighted by molar-refractivity contribution is -0.126. The predicted octanol–water partition coefficient (Wildman–Crippen LogP) is 1.67. The minimum atomic E-state index is -0.140. The van der Waals surface area contributed by atoms with Crippen LogP contribution in [0, 0.1) is 5.92 Å². The van der Waals surface area contributed by atoms with Gasteiger partial charge in [-0.25, -0.2) is 0 Å². The quantitative estimate of drug-likeness (QED) is 0.778. The summed E-state index contributed by atoms with van der Waals surface area (Å²) in [5.41, 5.74) is 0. The van der Waals surface area contributed by atoms with E-state index in [-0.39, 0.29) is 17.7 Å². The molecule has 6 heteroatoms. The molecule has 1 aliphatic rings. The van der Waals surface area contributed by atoms with Gasteiger partial charge in [0.1, 0.15) is 0 Å². The third-order valence-corrected chi connectivity index (χ3v) is 3.78. The van der Waals surface area contributed by atoms with E-state index < -0.39 is 0 Å². The first-order valence-electron chi connectivity index (χ1n) is 7.90. The summed E-state index contributed by atoms with van der Waals surface area (Å²) in [4.78, 5) is 26.1. The molecule has 1 aromatic heterocycles. The number of ether oxygens (including phenoxy) is 1. The Balaban J connectivity index is 1.77. The van der Waals surface area contributed by atoms with Gasteiger partial charge in [0.2, 0.25) is 5.91 Å². The molecule has 22 heavy (non-hydrogen) atoms. The zero-order valence-electron chi connectivity index (χ0n) is 13.0. The molecular formula is C16H24N2O4. The molecule has 1 atom stereocenters. The Morgan fingerprint density at radius 3 is 3.09 bits per heavy atom. The van der Waals surface area contributed by atoms with Crippen LogP contribution in [-0.2, 0) is 9.53 Å². The number of carbonyl (C=O) groups is 2. The molecule has 122 valence electrons. The van der Waals surface area contributed by atoms with Crippen LogP contribution in [0.5, 0.6) is 0 Å². The number of likely N-dealkylation sites (tertiary alicyclic amines) is 1. The summed E-state index contributed by atoms with van der Waals surface area (Å²) in [6.45, 7) is 5.04. The summed E-state index contributed by atoms with van der Waals surface area (Å²) in [6, 6.07) is 3.35. The van der Waals surface area contributed by atoms with Crippen molar-refractivity contribution in [2.24, 2.45) is 5.92 Å². The molecule has 1 aliphatic heterocycles. The van der Waals surface area contributed by atoms with E-state index in [2.05, 4.69) is 5.32 Å². The van der Waals surface area contributed by atoms with Crippen molar-refractivity contribution < 1.29 is 18.7 Å². The van der Waals surface area contributed by atoms with Gasteiger partial charge >= 0.3 is 0 Å². The van der Waals surface area contributed by atoms with Gasteiger partial charge in [0.05, 0.1) is 12.2 Å². The topological polar surface area (TPSA) is 71.8 Å². The monoisotopic (exact) mass is 308 g/mol. The number of nitrogens with zero attached hydrogens (tertiary/aromatic N) is 1. The second-order valence-electron chi connectivity index (χ2n) is 5.41. The Kier molecular flexibility index (Phi) is 6.45. The van der Waals surface area contributed by atoms with Gasteiger partial charge in [0.25, 0.3) is 5.91 Å². The van der Waals surface area contributed by atoms with E-state index in [1.807, 2.05) is 6.92 Å². The minimum absolute atomic E-state index is 0.0217. The highest BCUT2D eigenvalue weighted by atomic mass is 16.5. The summed E-state index contributed by atoms with van der Waals surface area (Å²) in [5, 5.41) is 2.93. The van der Waals surface area contributed by atoms with Gasteiger partial charge in [-0.3, -0.25) is 9.59 Å². The van der Waals surface area contributed by atoms with E-state index in [4.69, 9.17) is 9.15 Å². The predicted molar refractivity (Wildman–Crippen MR) is 81.5 cm³/mol. The van der Waals surface area contributed by atoms with Crippen molar-refractivity contribution in [3.05, 3.63) is 24.2 Å². The summed E-state index contributed by atoms with van der Waals surface area (Å²) in [7, 11) is 0. The number of hydrogen-bond acceptors (Lipinski definition) is 4. The number of nitrogens with one attached hydrogen (secondary N) is 1. The van der Waals surface area contributed by atoms with Crippen LogP contribution < -0.4 is 5.32 Å². The standard InChI is InChI=1S/C16H24N2O4/c1-2-21-10-5-8-17-15(19)13-6-3-9-18(12-13)16(20)14-7-4-11-22-14/h4,7,11,13H,2-3,5-6,8-10,12H2,1H3,(H,17,19)/t13-/m1/s1. The van der Waals surface area contributed by atoms with Crippen LogP contribution in [0.4, 0.5) is 0 Å². The molecule has 0 radical (unpaired) electrons. The second-order valence-corrected chi connectivity index (χ2v) is 5.41. The maximum atomic E-state index is 12.2. The highest BCUT2D eigenvalue weighted by Gasteiger charge is 2.29. The number of furan rings is 1. The maximum Gasteiger partial charge on any atom is 0.289 e. The molecule has 2 amide bonds. The number of carbonyl (C=O) groups excluding carboxylic acids is 2. The largest absolute Gasteiger partial charge is 0.459 e. The molecule has 0 aliphatic carbocycles. The van der Waals surface area contributed by atoms with Gasteiger partial charge in [-0.05, 0) is 38.3 Å². The van der Waals surface area contributed by atoms with Crippen molar-refractivity contribution in [1.82, 2.24) is 10.2 Å². The normalized spacial score (nSPS) is 18.2. The third kappa shape index (κ3) is 4.59. The Hall–Kier alpha value is -1.82. The summed E-state index contributed by atoms with van der Waals surface area (Å²) < 4.78 is 10.4. The Labute approximate surface area is 130 Å². The third-order valence-electron chi connectivity index (χ3n) is 3.78. The molecule has 0 bridgehead atoms. The van der Waals surface area contributed by atoms with Crippen molar-refractivity contribution in [3.63, 3.8) is 0 Å². The van der Waals surface area contributed by atoms with Crippen LogP contribution in [0.3, 0.4) is 0 Å². The van der Waals surface area contributed by atoms with Crippen LogP contribution in [0.15, 0.2) is 22.8 Å². The molecule has 2 heterocycles. The average Bonchev–Trinajstić information content (AvgIpc) is 3.08. The van der Waals surface area contributed by atoms with E-state index in [1.165, 1.54) is 6.26 Å². The average molecular weight is 308 g/mol. The van der Waals surface area contributed by atoms with E-state index in [1.54, 1.807) is 17.0 Å². The molecule has 0 aromatic carbocycles. The Bertz CT molecular complexity index is 473. The summed E-state index contributed by atoms with van der Waals surface area (Å²) in [6.07, 6.45) is 3.95. The molecule has 2 rings (SSSR count). The molecule has 0 spiro atoms. The maximum absolute atomic E-state index is 12.2. The zero-order valence-corrected chi connectivity index (χ0v) is 13.0. The molecule has 6 nitrogen and oxygen atoms in total. The minimum Gasteiger partial charge on any atom is -0.459 e. The van der Waals surface area contributed by atoms with Gasteiger partial charge in [-0.15, -0.1) is 0 Å². The Morgan fingerprint density at radius 1 is 1.50 bits per heavy atom. The number of rotatable bonds is 7. The van der Waals surface area contributed by atoms with Crippen molar-refractivity contribution in [3.8, 4) is 0 Å². The molecule has 0 unspecified atom stereocenters. The van der Waals surface area contributed by atoms with Gasteiger partial charge < -0.3 is 19.4 Å². The fourth-order valence-electron chi connectivity index (χ4n) is 2.61. The molecule has 1 fully saturated rings. The van der Waals surface area contributed by atoms with Gasteiger partial charge in [0, 0.05) is 32.8 Å². The molecule has 0 saturated carbocycles. The molecule has 1 N–H and O–H groups in total. The van der Waals surface area contributed by atoms with Crippen LogP contribution in [-0.4, -0.2) is 49.6 Å². The van der Waals surface area contributed by atoms with Crippen molar-refractivity contribution in [2.45, 2.75) is 26.2 Å². The lowest BCUT2D eigenvalue weighted by Crippen LogP contribution is -2.45. The van der Waals surface area contributed by atoms with E-state index in [0.29, 0.717) is 38.6 Å². The van der Waals surface area contributed by atoms with Crippen molar-refractivity contribution >= 4 is 11.8 Å². The highest BCUT2D eigenvalue weighted by Crippen LogP contribution is 2.19. The van der Waals surface area contributed by atoms with Crippen LogP contribution in [0.25, 0.3) is 0 Å². The van der Waals surface area contributed by atoms with Gasteiger partial charge in [-0.2, -0.15) is 0 Å². The first kappa shape index (κ1) is 16.5. The number of piperidine rings is 1. The SMILES string of the molecule is CCOCCCNC(=O)[C@@H]1CCCN(C(=O)c2ccco2)C1. The van der Waals surface area contributed by atoms with Crippen LogP contribution >= 0.6 is 0 Å². The molecule has 1 saturated heterocycles. The molecule has 1 aromatic rings. The zero-order chi connectivity index (χ0) is 15.8.